The number of nitrogens with zero attached hydrogens (tertiary/aromatic N) is 3. The fraction of sp³-hybridized carbons (Fsp3) is 0.625. The van der Waals surface area contributed by atoms with E-state index in [0.717, 1.165) is 27.8 Å². The molecule has 0 aliphatic heterocycles. The van der Waals surface area contributed by atoms with E-state index in [1.165, 1.54) is 25.7 Å². The minimum Gasteiger partial charge on any atom is -0.308 e. The molecular weight excluding hydrogens is 302 g/mol. The van der Waals surface area contributed by atoms with Gasteiger partial charge in [-0.15, -0.1) is 11.6 Å². The van der Waals surface area contributed by atoms with Crippen LogP contribution in [0, 0.1) is 6.92 Å². The van der Waals surface area contributed by atoms with Crippen LogP contribution >= 0.6 is 23.4 Å². The Balaban J connectivity index is 2.08. The van der Waals surface area contributed by atoms with Gasteiger partial charge in [-0.1, -0.05) is 6.42 Å². The summed E-state index contributed by atoms with van der Waals surface area (Å²) in [5.41, 5.74) is 3.12. The highest BCUT2D eigenvalue weighted by Gasteiger charge is 2.27. The van der Waals surface area contributed by atoms with Gasteiger partial charge in [0, 0.05) is 17.5 Å². The van der Waals surface area contributed by atoms with Crippen molar-refractivity contribution in [1.29, 1.82) is 0 Å². The standard InChI is InChI=1S/C16H22ClN3S/c1-10-7-14-16(18-9-10)20(15(19-14)11(2)17)12-5-4-6-13(8-12)21-3/h7,9,11-13H,4-6,8H2,1-3H3. The smallest absolute Gasteiger partial charge is 0.160 e. The Morgan fingerprint density at radius 2 is 2.24 bits per heavy atom. The van der Waals surface area contributed by atoms with Crippen LogP contribution in [0.2, 0.25) is 0 Å². The number of imidazole rings is 1. The van der Waals surface area contributed by atoms with Gasteiger partial charge in [0.05, 0.1) is 5.38 Å². The van der Waals surface area contributed by atoms with Crippen LogP contribution in [0.15, 0.2) is 12.3 Å². The molecule has 3 nitrogen and oxygen atoms in total. The molecule has 1 saturated carbocycles. The molecule has 0 radical (unpaired) electrons. The Morgan fingerprint density at radius 3 is 2.95 bits per heavy atom. The van der Waals surface area contributed by atoms with Crippen molar-refractivity contribution >= 4 is 34.5 Å². The van der Waals surface area contributed by atoms with Crippen molar-refractivity contribution in [3.8, 4) is 0 Å². The monoisotopic (exact) mass is 323 g/mol. The molecule has 3 atom stereocenters. The van der Waals surface area contributed by atoms with E-state index in [0.29, 0.717) is 6.04 Å². The maximum absolute atomic E-state index is 6.39. The van der Waals surface area contributed by atoms with Crippen molar-refractivity contribution < 1.29 is 0 Å². The van der Waals surface area contributed by atoms with E-state index in [4.69, 9.17) is 16.6 Å². The fourth-order valence-corrected chi connectivity index (χ4v) is 4.28. The van der Waals surface area contributed by atoms with Crippen molar-refractivity contribution in [2.24, 2.45) is 0 Å². The van der Waals surface area contributed by atoms with Gasteiger partial charge in [-0.25, -0.2) is 9.97 Å². The third kappa shape index (κ3) is 2.93. The molecule has 2 heterocycles. The van der Waals surface area contributed by atoms with Crippen LogP contribution in [0.3, 0.4) is 0 Å². The Kier molecular flexibility index (Phi) is 4.46. The second kappa shape index (κ2) is 6.17. The topological polar surface area (TPSA) is 30.7 Å². The number of alkyl halides is 1. The molecule has 0 spiro atoms. The van der Waals surface area contributed by atoms with Crippen molar-refractivity contribution in [2.45, 2.75) is 56.2 Å². The summed E-state index contributed by atoms with van der Waals surface area (Å²) in [6.07, 6.45) is 9.14. The van der Waals surface area contributed by atoms with Crippen LogP contribution in [-0.4, -0.2) is 26.0 Å². The number of thioether (sulfide) groups is 1. The van der Waals surface area contributed by atoms with Gasteiger partial charge in [-0.2, -0.15) is 11.8 Å². The van der Waals surface area contributed by atoms with Crippen LogP contribution in [0.25, 0.3) is 11.2 Å². The predicted molar refractivity (Wildman–Crippen MR) is 91.3 cm³/mol. The minimum absolute atomic E-state index is 0.0887. The fourth-order valence-electron chi connectivity index (χ4n) is 3.31. The number of aryl methyl sites for hydroxylation is 1. The van der Waals surface area contributed by atoms with Gasteiger partial charge in [-0.3, -0.25) is 0 Å². The summed E-state index contributed by atoms with van der Waals surface area (Å²) in [6, 6.07) is 2.59. The molecule has 0 amide bonds. The highest BCUT2D eigenvalue weighted by molar-refractivity contribution is 7.99. The molecule has 1 aliphatic rings. The van der Waals surface area contributed by atoms with Gasteiger partial charge in [0.25, 0.3) is 0 Å². The molecule has 3 rings (SSSR count). The predicted octanol–water partition coefficient (Wildman–Crippen LogP) is 4.89. The van der Waals surface area contributed by atoms with E-state index in [9.17, 15) is 0 Å². The van der Waals surface area contributed by atoms with Crippen molar-refractivity contribution in [2.75, 3.05) is 6.26 Å². The number of pyridine rings is 1. The molecule has 0 N–H and O–H groups in total. The average Bonchev–Trinajstić information content (AvgIpc) is 2.86. The van der Waals surface area contributed by atoms with Crippen molar-refractivity contribution in [3.63, 3.8) is 0 Å². The molecule has 1 aliphatic carbocycles. The highest BCUT2D eigenvalue weighted by Crippen LogP contribution is 2.38. The van der Waals surface area contributed by atoms with Gasteiger partial charge in [0.15, 0.2) is 5.65 Å². The normalized spacial score (nSPS) is 24.4. The number of fused-ring (bicyclic) bond motifs is 1. The summed E-state index contributed by atoms with van der Waals surface area (Å²) in [5.74, 6) is 0.969. The molecule has 114 valence electrons. The minimum atomic E-state index is -0.0887. The summed E-state index contributed by atoms with van der Waals surface area (Å²) in [7, 11) is 0. The summed E-state index contributed by atoms with van der Waals surface area (Å²) < 4.78 is 2.31. The maximum Gasteiger partial charge on any atom is 0.160 e. The van der Waals surface area contributed by atoms with E-state index >= 15 is 0 Å². The zero-order valence-corrected chi connectivity index (χ0v) is 14.4. The lowest BCUT2D eigenvalue weighted by atomic mass is 9.94. The number of hydrogen-bond donors (Lipinski definition) is 0. The molecule has 0 aromatic carbocycles. The Morgan fingerprint density at radius 1 is 1.43 bits per heavy atom. The molecule has 0 bridgehead atoms. The second-order valence-electron chi connectivity index (χ2n) is 5.99. The number of rotatable bonds is 3. The van der Waals surface area contributed by atoms with Gasteiger partial charge in [0.1, 0.15) is 11.3 Å². The van der Waals surface area contributed by atoms with E-state index in [2.05, 4.69) is 28.8 Å². The quantitative estimate of drug-likeness (QED) is 0.754. The largest absolute Gasteiger partial charge is 0.308 e. The van der Waals surface area contributed by atoms with Crippen LogP contribution in [0.1, 0.15) is 55.4 Å². The first-order valence-electron chi connectivity index (χ1n) is 7.61. The van der Waals surface area contributed by atoms with Crippen molar-refractivity contribution in [3.05, 3.63) is 23.7 Å². The first-order chi connectivity index (χ1) is 10.1. The van der Waals surface area contributed by atoms with Crippen LogP contribution in [-0.2, 0) is 0 Å². The summed E-state index contributed by atoms with van der Waals surface area (Å²) in [6.45, 7) is 4.06. The molecule has 3 unspecified atom stereocenters. The molecule has 2 aromatic rings. The highest BCUT2D eigenvalue weighted by atomic mass is 35.5. The zero-order chi connectivity index (χ0) is 15.0. The van der Waals surface area contributed by atoms with E-state index in [-0.39, 0.29) is 5.38 Å². The third-order valence-electron chi connectivity index (χ3n) is 4.35. The van der Waals surface area contributed by atoms with Gasteiger partial charge in [-0.05, 0) is 51.0 Å². The van der Waals surface area contributed by atoms with Gasteiger partial charge >= 0.3 is 0 Å². The number of aromatic nitrogens is 3. The molecule has 5 heteroatoms. The first-order valence-corrected chi connectivity index (χ1v) is 9.34. The Bertz CT molecular complexity index is 638. The van der Waals surface area contributed by atoms with E-state index < -0.39 is 0 Å². The van der Waals surface area contributed by atoms with E-state index in [1.807, 2.05) is 24.9 Å². The third-order valence-corrected chi connectivity index (χ3v) is 5.64. The zero-order valence-electron chi connectivity index (χ0n) is 12.8. The maximum atomic E-state index is 6.39. The lowest BCUT2D eigenvalue weighted by Crippen LogP contribution is -2.22. The van der Waals surface area contributed by atoms with Crippen molar-refractivity contribution in [1.82, 2.24) is 14.5 Å². The molecule has 1 fully saturated rings. The molecule has 0 saturated heterocycles. The summed E-state index contributed by atoms with van der Waals surface area (Å²) >= 11 is 8.37. The Hall–Kier alpha value is -0.740. The lowest BCUT2D eigenvalue weighted by molar-refractivity contribution is 0.358. The van der Waals surface area contributed by atoms with E-state index in [1.54, 1.807) is 0 Å². The average molecular weight is 324 g/mol. The Labute approximate surface area is 135 Å². The van der Waals surface area contributed by atoms with Crippen LogP contribution in [0.4, 0.5) is 0 Å². The SMILES string of the molecule is CSC1CCCC(n2c(C(C)Cl)nc3cc(C)cnc32)C1. The van der Waals surface area contributed by atoms with Gasteiger partial charge < -0.3 is 4.57 Å². The lowest BCUT2D eigenvalue weighted by Gasteiger charge is -2.30. The van der Waals surface area contributed by atoms with Crippen LogP contribution in [0.5, 0.6) is 0 Å². The van der Waals surface area contributed by atoms with Crippen LogP contribution < -0.4 is 0 Å². The van der Waals surface area contributed by atoms with Gasteiger partial charge in [0.2, 0.25) is 0 Å². The first kappa shape index (κ1) is 15.2. The summed E-state index contributed by atoms with van der Waals surface area (Å²) in [5, 5.41) is 0.652. The molecule has 21 heavy (non-hydrogen) atoms. The second-order valence-corrected chi connectivity index (χ2v) is 7.78. The molecular formula is C16H22ClN3S. The number of hydrogen-bond acceptors (Lipinski definition) is 3. The number of halogens is 1. The molecule has 2 aromatic heterocycles. The summed E-state index contributed by atoms with van der Waals surface area (Å²) in [4.78, 5) is 9.41.